The average Bonchev–Trinajstić information content (AvgIpc) is 3.59. The summed E-state index contributed by atoms with van der Waals surface area (Å²) in [4.78, 5) is 7.93. The Bertz CT molecular complexity index is 3260. The summed E-state index contributed by atoms with van der Waals surface area (Å²) in [7, 11) is 0. The highest BCUT2D eigenvalue weighted by Crippen LogP contribution is 2.63. The number of nitrogens with zero attached hydrogens (tertiary/aromatic N) is 3. The van der Waals surface area contributed by atoms with Crippen molar-refractivity contribution >= 4 is 68.6 Å². The summed E-state index contributed by atoms with van der Waals surface area (Å²) in [6.45, 7) is 5.18. The van der Waals surface area contributed by atoms with Crippen LogP contribution in [0.1, 0.15) is 45.1 Å². The molecule has 2 unspecified atom stereocenters. The summed E-state index contributed by atoms with van der Waals surface area (Å²) < 4.78 is 0. The van der Waals surface area contributed by atoms with Crippen molar-refractivity contribution in [3.05, 3.63) is 224 Å². The Morgan fingerprint density at radius 1 is 0.424 bits per heavy atom. The van der Waals surface area contributed by atoms with Gasteiger partial charge in [0.2, 0.25) is 0 Å². The van der Waals surface area contributed by atoms with Crippen molar-refractivity contribution in [1.82, 2.24) is 0 Å². The molecule has 316 valence electrons. The van der Waals surface area contributed by atoms with E-state index in [1.807, 2.05) is 0 Å². The zero-order chi connectivity index (χ0) is 44.0. The summed E-state index contributed by atoms with van der Waals surface area (Å²) in [6.07, 6.45) is 4.74. The van der Waals surface area contributed by atoms with Gasteiger partial charge in [-0.1, -0.05) is 177 Å². The lowest BCUT2D eigenvalue weighted by molar-refractivity contribution is 0.195. The molecular weight excluding hydrogens is 798 g/mol. The number of fused-ring (bicyclic) bond motifs is 7. The van der Waals surface area contributed by atoms with Crippen LogP contribution in [0, 0.1) is 0 Å². The normalized spacial score (nSPS) is 18.5. The molecule has 3 heterocycles. The van der Waals surface area contributed by atoms with E-state index >= 15 is 0 Å². The van der Waals surface area contributed by atoms with Crippen LogP contribution in [-0.2, 0) is 5.41 Å². The van der Waals surface area contributed by atoms with Gasteiger partial charge in [0, 0.05) is 45.2 Å². The molecule has 3 aliphatic heterocycles. The minimum atomic E-state index is -0.144. The minimum Gasteiger partial charge on any atom is -0.335 e. The molecule has 66 heavy (non-hydrogen) atoms. The quantitative estimate of drug-likeness (QED) is 0.148. The van der Waals surface area contributed by atoms with Crippen LogP contribution in [0.4, 0.5) is 45.5 Å². The van der Waals surface area contributed by atoms with Crippen molar-refractivity contribution < 1.29 is 0 Å². The molecule has 0 radical (unpaired) electrons. The largest absolute Gasteiger partial charge is 0.335 e. The fraction of sp³-hybridized carbons (Fsp3) is 0.129. The maximum atomic E-state index is 2.86. The van der Waals surface area contributed by atoms with E-state index in [1.165, 1.54) is 90.9 Å². The molecule has 1 fully saturated rings. The van der Waals surface area contributed by atoms with Crippen LogP contribution in [0.5, 0.6) is 0 Å². The molecule has 0 aromatic heterocycles. The zero-order valence-corrected chi connectivity index (χ0v) is 37.5. The molecule has 4 heteroatoms. The molecule has 1 aliphatic carbocycles. The van der Waals surface area contributed by atoms with Crippen LogP contribution in [0.2, 0.25) is 0 Å². The van der Waals surface area contributed by atoms with E-state index in [1.54, 1.807) is 0 Å². The topological polar surface area (TPSA) is 9.72 Å². The molecule has 0 spiro atoms. The number of rotatable bonds is 7. The minimum absolute atomic E-state index is 0.000320. The Morgan fingerprint density at radius 2 is 0.970 bits per heavy atom. The summed E-state index contributed by atoms with van der Waals surface area (Å²) in [5.41, 5.74) is 22.6. The SMILES string of the molecule is CC12CCCCC1(C)N1c3cc(N(c4ccccc4)c4ccccc4)cc4c3B(c3ccc(-c5ccccc5)cc3N4c3cccc(-c4ccccc4)c3)c3cc(-c4ccccc4)cc2c31. The first-order chi connectivity index (χ1) is 32.5. The van der Waals surface area contributed by atoms with Gasteiger partial charge in [-0.15, -0.1) is 0 Å². The lowest BCUT2D eigenvalue weighted by Gasteiger charge is -2.53. The Morgan fingerprint density at radius 3 is 1.61 bits per heavy atom. The first kappa shape index (κ1) is 38.9. The van der Waals surface area contributed by atoms with Crippen molar-refractivity contribution in [2.45, 2.75) is 50.5 Å². The number of anilines is 8. The highest BCUT2D eigenvalue weighted by atomic mass is 15.3. The molecule has 0 amide bonds. The second-order valence-electron chi connectivity index (χ2n) is 19.2. The second-order valence-corrected chi connectivity index (χ2v) is 19.2. The number of para-hydroxylation sites is 2. The predicted octanol–water partition coefficient (Wildman–Crippen LogP) is 14.5. The maximum absolute atomic E-state index is 2.86. The molecule has 2 atom stereocenters. The van der Waals surface area contributed by atoms with Crippen molar-refractivity contribution in [3.8, 4) is 33.4 Å². The van der Waals surface area contributed by atoms with E-state index in [9.17, 15) is 0 Å². The third-order valence-electron chi connectivity index (χ3n) is 15.7. The number of hydrogen-bond donors (Lipinski definition) is 0. The Balaban J connectivity index is 1.17. The van der Waals surface area contributed by atoms with Crippen molar-refractivity contribution in [2.75, 3.05) is 14.7 Å². The molecule has 4 aliphatic rings. The van der Waals surface area contributed by atoms with Gasteiger partial charge in [-0.05, 0) is 136 Å². The molecule has 0 N–H and O–H groups in total. The van der Waals surface area contributed by atoms with Gasteiger partial charge in [0.05, 0.1) is 11.2 Å². The van der Waals surface area contributed by atoms with Crippen molar-refractivity contribution in [2.24, 2.45) is 0 Å². The lowest BCUT2D eigenvalue weighted by atomic mass is 9.33. The Kier molecular flexibility index (Phi) is 8.84. The zero-order valence-electron chi connectivity index (χ0n) is 37.5. The molecule has 9 aromatic rings. The van der Waals surface area contributed by atoms with Gasteiger partial charge in [0.15, 0.2) is 0 Å². The van der Waals surface area contributed by atoms with Crippen LogP contribution in [0.25, 0.3) is 33.4 Å². The molecule has 0 bridgehead atoms. The number of hydrogen-bond acceptors (Lipinski definition) is 3. The monoisotopic (exact) mass is 847 g/mol. The standard InChI is InChI=1S/C62H50BN3/c1-61-35-18-19-36-62(61,2)66-58-42-52(64(49-28-14-6-15-29-49)50-30-16-7-17-31-50)41-57-59(58)63(55-39-48(38-53(61)60(55)66)45-25-12-5-13-26-45)54-34-33-47(44-23-10-4-11-24-44)40-56(54)65(57)51-32-20-27-46(37-51)43-21-8-3-9-22-43/h3-17,20-34,37-42H,18-19,35-36H2,1-2H3. The van der Waals surface area contributed by atoms with Gasteiger partial charge in [-0.25, -0.2) is 0 Å². The molecule has 0 saturated heterocycles. The molecule has 3 nitrogen and oxygen atoms in total. The van der Waals surface area contributed by atoms with Crippen molar-refractivity contribution in [3.63, 3.8) is 0 Å². The van der Waals surface area contributed by atoms with E-state index in [4.69, 9.17) is 0 Å². The van der Waals surface area contributed by atoms with Gasteiger partial charge in [-0.3, -0.25) is 0 Å². The van der Waals surface area contributed by atoms with E-state index in [0.29, 0.717) is 0 Å². The lowest BCUT2D eigenvalue weighted by Crippen LogP contribution is -2.64. The highest BCUT2D eigenvalue weighted by Gasteiger charge is 2.61. The second kappa shape index (κ2) is 15.0. The Labute approximate surface area is 389 Å². The van der Waals surface area contributed by atoms with Gasteiger partial charge in [-0.2, -0.15) is 0 Å². The van der Waals surface area contributed by atoms with Gasteiger partial charge < -0.3 is 14.7 Å². The van der Waals surface area contributed by atoms with Crippen molar-refractivity contribution in [1.29, 1.82) is 0 Å². The summed E-state index contributed by atoms with van der Waals surface area (Å²) in [5, 5.41) is 0. The first-order valence-electron chi connectivity index (χ1n) is 23.8. The molecule has 1 saturated carbocycles. The van der Waals surface area contributed by atoms with Gasteiger partial charge in [0.1, 0.15) is 0 Å². The Hall–Kier alpha value is -7.56. The summed E-state index contributed by atoms with van der Waals surface area (Å²) in [6, 6.07) is 81.4. The van der Waals surface area contributed by atoms with Gasteiger partial charge >= 0.3 is 0 Å². The average molecular weight is 848 g/mol. The highest BCUT2D eigenvalue weighted by molar-refractivity contribution is 7.00. The van der Waals surface area contributed by atoms with Crippen LogP contribution < -0.4 is 31.1 Å². The maximum Gasteiger partial charge on any atom is 0.252 e. The van der Waals surface area contributed by atoms with Gasteiger partial charge in [0.25, 0.3) is 6.71 Å². The summed E-state index contributed by atoms with van der Waals surface area (Å²) in [5.74, 6) is 0. The van der Waals surface area contributed by atoms with Crippen LogP contribution >= 0.6 is 0 Å². The van der Waals surface area contributed by atoms with Crippen LogP contribution in [0.3, 0.4) is 0 Å². The van der Waals surface area contributed by atoms with E-state index in [-0.39, 0.29) is 17.7 Å². The van der Waals surface area contributed by atoms with Crippen LogP contribution in [0.15, 0.2) is 218 Å². The van der Waals surface area contributed by atoms with E-state index in [0.717, 1.165) is 35.6 Å². The summed E-state index contributed by atoms with van der Waals surface area (Å²) >= 11 is 0. The smallest absolute Gasteiger partial charge is 0.252 e. The van der Waals surface area contributed by atoms with E-state index in [2.05, 4.69) is 247 Å². The number of benzene rings is 9. The van der Waals surface area contributed by atoms with E-state index < -0.39 is 0 Å². The fourth-order valence-electron chi connectivity index (χ4n) is 12.4. The third kappa shape index (κ3) is 5.77. The fourth-order valence-corrected chi connectivity index (χ4v) is 12.4. The first-order valence-corrected chi connectivity index (χ1v) is 23.8. The third-order valence-corrected chi connectivity index (χ3v) is 15.7. The molecular formula is C62H50BN3. The molecule has 13 rings (SSSR count). The molecule has 9 aromatic carbocycles. The predicted molar refractivity (Wildman–Crippen MR) is 280 cm³/mol. The van der Waals surface area contributed by atoms with Crippen LogP contribution in [-0.4, -0.2) is 12.3 Å².